The van der Waals surface area contributed by atoms with E-state index < -0.39 is 0 Å². The molecule has 4 heterocycles. The molecule has 0 spiro atoms. The predicted octanol–water partition coefficient (Wildman–Crippen LogP) is 4.26. The molecule has 0 amide bonds. The lowest BCUT2D eigenvalue weighted by molar-refractivity contribution is 0.0453. The average molecular weight is 464 g/mol. The molecule has 8 nitrogen and oxygen atoms in total. The predicted molar refractivity (Wildman–Crippen MR) is 134 cm³/mol. The first-order valence-corrected chi connectivity index (χ1v) is 12.5. The van der Waals surface area contributed by atoms with Crippen molar-refractivity contribution in [2.45, 2.75) is 65.7 Å². The normalized spacial score (nSPS) is 18.3. The van der Waals surface area contributed by atoms with Crippen LogP contribution in [-0.4, -0.2) is 72.4 Å². The third-order valence-electron chi connectivity index (χ3n) is 7.20. The summed E-state index contributed by atoms with van der Waals surface area (Å²) in [6, 6.07) is 7.17. The first-order chi connectivity index (χ1) is 16.2. The molecule has 0 unspecified atom stereocenters. The van der Waals surface area contributed by atoms with Crippen LogP contribution in [-0.2, 0) is 6.54 Å². The molecule has 2 aromatic heterocycles. The lowest BCUT2D eigenvalue weighted by Crippen LogP contribution is -2.53. The van der Waals surface area contributed by atoms with Crippen LogP contribution in [0, 0.1) is 0 Å². The molecule has 34 heavy (non-hydrogen) atoms. The van der Waals surface area contributed by atoms with Crippen molar-refractivity contribution < 1.29 is 4.74 Å². The van der Waals surface area contributed by atoms with E-state index in [4.69, 9.17) is 9.72 Å². The first kappa shape index (κ1) is 23.1. The topological polar surface area (TPSA) is 64.2 Å². The maximum absolute atomic E-state index is 6.10. The number of benzene rings is 1. The largest absolute Gasteiger partial charge is 0.491 e. The van der Waals surface area contributed by atoms with Gasteiger partial charge in [-0.15, -0.1) is 0 Å². The Balaban J connectivity index is 1.44. The van der Waals surface area contributed by atoms with Gasteiger partial charge in [-0.1, -0.05) is 6.07 Å². The summed E-state index contributed by atoms with van der Waals surface area (Å²) in [6.45, 7) is 19.2. The van der Waals surface area contributed by atoms with E-state index in [1.807, 2.05) is 4.68 Å². The van der Waals surface area contributed by atoms with Crippen molar-refractivity contribution in [3.63, 3.8) is 0 Å². The number of fused-ring (bicyclic) bond motifs is 3. The maximum atomic E-state index is 6.10. The quantitative estimate of drug-likeness (QED) is 0.576. The molecule has 0 N–H and O–H groups in total. The Kier molecular flexibility index (Phi) is 5.98. The Labute approximate surface area is 202 Å². The van der Waals surface area contributed by atoms with Crippen LogP contribution in [0.2, 0.25) is 0 Å². The summed E-state index contributed by atoms with van der Waals surface area (Å²) >= 11 is 0. The van der Waals surface area contributed by atoms with Gasteiger partial charge in [-0.25, -0.2) is 14.6 Å². The summed E-state index contributed by atoms with van der Waals surface area (Å²) in [5.74, 6) is 2.64. The van der Waals surface area contributed by atoms with Crippen LogP contribution in [0.25, 0.3) is 22.9 Å². The van der Waals surface area contributed by atoms with Crippen molar-refractivity contribution in [2.75, 3.05) is 32.8 Å². The minimum absolute atomic E-state index is 0.223. The summed E-state index contributed by atoms with van der Waals surface area (Å²) in [6.07, 6.45) is 3.69. The highest BCUT2D eigenvalue weighted by molar-refractivity contribution is 5.69. The van der Waals surface area contributed by atoms with E-state index in [2.05, 4.69) is 90.4 Å². The van der Waals surface area contributed by atoms with Crippen molar-refractivity contribution in [1.82, 2.24) is 34.1 Å². The molecule has 2 aliphatic rings. The van der Waals surface area contributed by atoms with E-state index in [9.17, 15) is 0 Å². The smallest absolute Gasteiger partial charge is 0.178 e. The highest BCUT2D eigenvalue weighted by atomic mass is 16.5. The van der Waals surface area contributed by atoms with Gasteiger partial charge in [-0.05, 0) is 59.2 Å². The van der Waals surface area contributed by atoms with Gasteiger partial charge in [0.05, 0.1) is 12.1 Å². The lowest BCUT2D eigenvalue weighted by atomic mass is 10.0. The zero-order valence-corrected chi connectivity index (χ0v) is 21.3. The van der Waals surface area contributed by atoms with Gasteiger partial charge in [0.15, 0.2) is 5.82 Å². The van der Waals surface area contributed by atoms with Crippen LogP contribution in [0.15, 0.2) is 30.7 Å². The SMILES string of the molecule is CC(C)n1ncnc1-c1cn2c(n1)-c1cc([C@H](C)N3CCN(C(C)(C)C)CC3)ccc1OCC2. The molecule has 2 aliphatic heterocycles. The van der Waals surface area contributed by atoms with E-state index in [1.54, 1.807) is 6.33 Å². The number of aromatic nitrogens is 5. The molecule has 1 fully saturated rings. The van der Waals surface area contributed by atoms with E-state index in [-0.39, 0.29) is 11.6 Å². The Hall–Kier alpha value is -2.71. The third kappa shape index (κ3) is 4.25. The van der Waals surface area contributed by atoms with Crippen molar-refractivity contribution >= 4 is 0 Å². The lowest BCUT2D eigenvalue weighted by Gasteiger charge is -2.44. The fourth-order valence-corrected chi connectivity index (χ4v) is 5.07. The monoisotopic (exact) mass is 463 g/mol. The van der Waals surface area contributed by atoms with Crippen molar-refractivity contribution in [1.29, 1.82) is 0 Å². The summed E-state index contributed by atoms with van der Waals surface area (Å²) in [7, 11) is 0. The number of ether oxygens (including phenoxy) is 1. The van der Waals surface area contributed by atoms with Crippen molar-refractivity contribution in [2.24, 2.45) is 0 Å². The standard InChI is InChI=1S/C26H37N7O/c1-18(2)33-25(27-17-28-33)22-16-31-13-14-34-23-8-7-20(15-21(23)24(31)29-22)19(3)30-9-11-32(12-10-30)26(4,5)6/h7-8,15-19H,9-14H2,1-6H3/t19-/m0/s1. The zero-order chi connectivity index (χ0) is 24.0. The van der Waals surface area contributed by atoms with Crippen LogP contribution in [0.3, 0.4) is 0 Å². The van der Waals surface area contributed by atoms with Gasteiger partial charge in [-0.2, -0.15) is 5.10 Å². The second-order valence-corrected chi connectivity index (χ2v) is 10.7. The van der Waals surface area contributed by atoms with Gasteiger partial charge in [0.2, 0.25) is 0 Å². The molecule has 0 saturated carbocycles. The maximum Gasteiger partial charge on any atom is 0.178 e. The Bertz CT molecular complexity index is 1150. The molecule has 8 heteroatoms. The molecule has 0 aliphatic carbocycles. The molecule has 0 radical (unpaired) electrons. The summed E-state index contributed by atoms with van der Waals surface area (Å²) < 4.78 is 10.2. The van der Waals surface area contributed by atoms with Crippen LogP contribution in [0.4, 0.5) is 0 Å². The highest BCUT2D eigenvalue weighted by Gasteiger charge is 2.29. The minimum atomic E-state index is 0.223. The third-order valence-corrected chi connectivity index (χ3v) is 7.20. The molecule has 1 atom stereocenters. The van der Waals surface area contributed by atoms with E-state index in [0.717, 1.165) is 61.4 Å². The number of nitrogens with zero attached hydrogens (tertiary/aromatic N) is 7. The van der Waals surface area contributed by atoms with Gasteiger partial charge in [-0.3, -0.25) is 9.80 Å². The number of imidazole rings is 1. The average Bonchev–Trinajstić information content (AvgIpc) is 3.42. The summed E-state index contributed by atoms with van der Waals surface area (Å²) in [5, 5.41) is 4.39. The summed E-state index contributed by atoms with van der Waals surface area (Å²) in [4.78, 5) is 14.7. The van der Waals surface area contributed by atoms with Crippen LogP contribution in [0.1, 0.15) is 59.2 Å². The van der Waals surface area contributed by atoms with Crippen LogP contribution < -0.4 is 4.74 Å². The molecule has 1 aromatic carbocycles. The minimum Gasteiger partial charge on any atom is -0.491 e. The fourth-order valence-electron chi connectivity index (χ4n) is 5.07. The van der Waals surface area contributed by atoms with Crippen LogP contribution in [0.5, 0.6) is 5.75 Å². The number of rotatable bonds is 4. The van der Waals surface area contributed by atoms with Crippen LogP contribution >= 0.6 is 0 Å². The highest BCUT2D eigenvalue weighted by Crippen LogP contribution is 2.37. The number of hydrogen-bond acceptors (Lipinski definition) is 6. The molecular weight excluding hydrogens is 426 g/mol. The zero-order valence-electron chi connectivity index (χ0n) is 21.3. The second-order valence-electron chi connectivity index (χ2n) is 10.7. The van der Waals surface area contributed by atoms with E-state index >= 15 is 0 Å². The Morgan fingerprint density at radius 1 is 0.971 bits per heavy atom. The van der Waals surface area contributed by atoms with Crippen molar-refractivity contribution in [3.05, 3.63) is 36.3 Å². The van der Waals surface area contributed by atoms with Crippen molar-refractivity contribution in [3.8, 4) is 28.7 Å². The molecule has 5 rings (SSSR count). The Morgan fingerprint density at radius 2 is 1.74 bits per heavy atom. The molecule has 0 bridgehead atoms. The van der Waals surface area contributed by atoms with E-state index in [1.165, 1.54) is 5.56 Å². The van der Waals surface area contributed by atoms with E-state index in [0.29, 0.717) is 12.6 Å². The molecule has 3 aromatic rings. The first-order valence-electron chi connectivity index (χ1n) is 12.5. The van der Waals surface area contributed by atoms with Gasteiger partial charge in [0.1, 0.15) is 30.2 Å². The van der Waals surface area contributed by atoms with Gasteiger partial charge < -0.3 is 9.30 Å². The number of piperazine rings is 1. The molecule has 1 saturated heterocycles. The fraction of sp³-hybridized carbons (Fsp3) is 0.577. The van der Waals surface area contributed by atoms with Gasteiger partial charge in [0.25, 0.3) is 0 Å². The molecular formula is C26H37N7O. The summed E-state index contributed by atoms with van der Waals surface area (Å²) in [5.41, 5.74) is 3.43. The van der Waals surface area contributed by atoms with Gasteiger partial charge >= 0.3 is 0 Å². The Morgan fingerprint density at radius 3 is 2.44 bits per heavy atom. The second kappa shape index (κ2) is 8.82. The molecule has 182 valence electrons. The number of hydrogen-bond donors (Lipinski definition) is 0. The van der Waals surface area contributed by atoms with Gasteiger partial charge in [0, 0.05) is 50.0 Å².